The van der Waals surface area contributed by atoms with Gasteiger partial charge in [-0.25, -0.2) is 0 Å². The van der Waals surface area contributed by atoms with E-state index >= 15 is 0 Å². The SMILES string of the molecule is CCCC(C)NC(=O)CN1CCc2cc(C(C)=O)ccc21. The van der Waals surface area contributed by atoms with Crippen LogP contribution in [0.1, 0.15) is 49.5 Å². The van der Waals surface area contributed by atoms with Gasteiger partial charge in [0.25, 0.3) is 0 Å². The number of carbonyl (C=O) groups excluding carboxylic acids is 2. The van der Waals surface area contributed by atoms with E-state index in [1.807, 2.05) is 25.1 Å². The molecule has 0 aliphatic carbocycles. The smallest absolute Gasteiger partial charge is 0.239 e. The van der Waals surface area contributed by atoms with Crippen molar-refractivity contribution in [2.75, 3.05) is 18.0 Å². The van der Waals surface area contributed by atoms with Gasteiger partial charge in [0.2, 0.25) is 5.91 Å². The Kier molecular flexibility index (Phi) is 4.99. The third-order valence-electron chi connectivity index (χ3n) is 3.94. The van der Waals surface area contributed by atoms with E-state index in [4.69, 9.17) is 0 Å². The molecule has 1 aliphatic rings. The molecule has 0 bridgehead atoms. The lowest BCUT2D eigenvalue weighted by molar-refractivity contribution is -0.120. The van der Waals surface area contributed by atoms with Crippen LogP contribution in [0.2, 0.25) is 0 Å². The minimum absolute atomic E-state index is 0.0689. The number of ketones is 1. The monoisotopic (exact) mass is 288 g/mol. The lowest BCUT2D eigenvalue weighted by Crippen LogP contribution is -2.40. The molecule has 0 spiro atoms. The fourth-order valence-corrected chi connectivity index (χ4v) is 2.85. The summed E-state index contributed by atoms with van der Waals surface area (Å²) in [5.74, 6) is 0.154. The maximum atomic E-state index is 12.1. The average molecular weight is 288 g/mol. The topological polar surface area (TPSA) is 49.4 Å². The molecule has 0 saturated carbocycles. The number of carbonyl (C=O) groups is 2. The van der Waals surface area contributed by atoms with Crippen LogP contribution >= 0.6 is 0 Å². The molecule has 1 N–H and O–H groups in total. The van der Waals surface area contributed by atoms with Gasteiger partial charge in [0, 0.05) is 23.8 Å². The van der Waals surface area contributed by atoms with Crippen molar-refractivity contribution in [3.8, 4) is 0 Å². The Balaban J connectivity index is 1.99. The molecule has 1 aliphatic heterocycles. The molecule has 1 aromatic carbocycles. The minimum Gasteiger partial charge on any atom is -0.362 e. The Morgan fingerprint density at radius 3 is 2.81 bits per heavy atom. The maximum absolute atomic E-state index is 12.1. The molecular formula is C17H24N2O2. The van der Waals surface area contributed by atoms with Crippen molar-refractivity contribution in [1.29, 1.82) is 0 Å². The molecule has 0 radical (unpaired) electrons. The highest BCUT2D eigenvalue weighted by atomic mass is 16.2. The third kappa shape index (κ3) is 3.84. The van der Waals surface area contributed by atoms with E-state index in [0.29, 0.717) is 6.54 Å². The minimum atomic E-state index is 0.0689. The second-order valence-electron chi connectivity index (χ2n) is 5.83. The number of benzene rings is 1. The second-order valence-corrected chi connectivity index (χ2v) is 5.83. The summed E-state index contributed by atoms with van der Waals surface area (Å²) in [4.78, 5) is 25.6. The van der Waals surface area contributed by atoms with Gasteiger partial charge in [-0.1, -0.05) is 13.3 Å². The van der Waals surface area contributed by atoms with Crippen LogP contribution in [0.15, 0.2) is 18.2 Å². The van der Waals surface area contributed by atoms with Crippen LogP contribution in [0, 0.1) is 0 Å². The molecule has 2 rings (SSSR count). The summed E-state index contributed by atoms with van der Waals surface area (Å²) in [5, 5.41) is 3.03. The normalized spacial score (nSPS) is 14.7. The zero-order chi connectivity index (χ0) is 15.4. The molecule has 1 aromatic rings. The van der Waals surface area contributed by atoms with Crippen LogP contribution in [0.25, 0.3) is 0 Å². The number of hydrogen-bond acceptors (Lipinski definition) is 3. The van der Waals surface area contributed by atoms with Gasteiger partial charge >= 0.3 is 0 Å². The van der Waals surface area contributed by atoms with Crippen LogP contribution in [0.3, 0.4) is 0 Å². The molecule has 0 aromatic heterocycles. The average Bonchev–Trinajstić information content (AvgIpc) is 2.81. The number of amides is 1. The van der Waals surface area contributed by atoms with E-state index in [1.165, 1.54) is 0 Å². The summed E-state index contributed by atoms with van der Waals surface area (Å²) in [6.45, 7) is 6.97. The lowest BCUT2D eigenvalue weighted by atomic mass is 10.1. The van der Waals surface area contributed by atoms with Gasteiger partial charge in [-0.3, -0.25) is 9.59 Å². The first-order valence-corrected chi connectivity index (χ1v) is 7.69. The third-order valence-corrected chi connectivity index (χ3v) is 3.94. The van der Waals surface area contributed by atoms with E-state index < -0.39 is 0 Å². The van der Waals surface area contributed by atoms with E-state index in [9.17, 15) is 9.59 Å². The Morgan fingerprint density at radius 2 is 2.14 bits per heavy atom. The van der Waals surface area contributed by atoms with Crippen LogP contribution in [-0.2, 0) is 11.2 Å². The van der Waals surface area contributed by atoms with Gasteiger partial charge in [-0.15, -0.1) is 0 Å². The van der Waals surface area contributed by atoms with Crippen molar-refractivity contribution < 1.29 is 9.59 Å². The molecule has 0 saturated heterocycles. The van der Waals surface area contributed by atoms with Crippen LogP contribution in [0.5, 0.6) is 0 Å². The fourth-order valence-electron chi connectivity index (χ4n) is 2.85. The Bertz CT molecular complexity index is 540. The van der Waals surface area contributed by atoms with E-state index in [-0.39, 0.29) is 17.7 Å². The van der Waals surface area contributed by atoms with Gasteiger partial charge in [-0.05, 0) is 50.5 Å². The van der Waals surface area contributed by atoms with Gasteiger partial charge in [-0.2, -0.15) is 0 Å². The molecule has 1 heterocycles. The zero-order valence-corrected chi connectivity index (χ0v) is 13.1. The first-order chi connectivity index (χ1) is 10.0. The molecule has 4 nitrogen and oxygen atoms in total. The highest BCUT2D eigenvalue weighted by Gasteiger charge is 2.22. The van der Waals surface area contributed by atoms with Crippen molar-refractivity contribution in [1.82, 2.24) is 5.32 Å². The van der Waals surface area contributed by atoms with Gasteiger partial charge in [0.1, 0.15) is 0 Å². The van der Waals surface area contributed by atoms with Crippen molar-refractivity contribution in [3.63, 3.8) is 0 Å². The number of nitrogens with zero attached hydrogens (tertiary/aromatic N) is 1. The Labute approximate surface area is 126 Å². The van der Waals surface area contributed by atoms with Crippen molar-refractivity contribution in [3.05, 3.63) is 29.3 Å². The first-order valence-electron chi connectivity index (χ1n) is 7.69. The number of Topliss-reactive ketones (excluding diaryl/α,β-unsaturated/α-hetero) is 1. The van der Waals surface area contributed by atoms with Gasteiger partial charge < -0.3 is 10.2 Å². The summed E-state index contributed by atoms with van der Waals surface area (Å²) < 4.78 is 0. The number of hydrogen-bond donors (Lipinski definition) is 1. The predicted molar refractivity (Wildman–Crippen MR) is 84.9 cm³/mol. The zero-order valence-electron chi connectivity index (χ0n) is 13.1. The molecule has 1 unspecified atom stereocenters. The fraction of sp³-hybridized carbons (Fsp3) is 0.529. The quantitative estimate of drug-likeness (QED) is 0.818. The highest BCUT2D eigenvalue weighted by Crippen LogP contribution is 2.28. The molecule has 1 atom stereocenters. The summed E-state index contributed by atoms with van der Waals surface area (Å²) in [5.41, 5.74) is 2.99. The van der Waals surface area contributed by atoms with Crippen molar-refractivity contribution >= 4 is 17.4 Å². The molecule has 114 valence electrons. The predicted octanol–water partition coefficient (Wildman–Crippen LogP) is 2.56. The van der Waals surface area contributed by atoms with Crippen LogP contribution < -0.4 is 10.2 Å². The number of fused-ring (bicyclic) bond motifs is 1. The standard InChI is InChI=1S/C17H24N2O2/c1-4-5-12(2)18-17(21)11-19-9-8-15-10-14(13(3)20)6-7-16(15)19/h6-7,10,12H,4-5,8-9,11H2,1-3H3,(H,18,21). The molecule has 0 fully saturated rings. The molecule has 21 heavy (non-hydrogen) atoms. The Morgan fingerprint density at radius 1 is 1.38 bits per heavy atom. The lowest BCUT2D eigenvalue weighted by Gasteiger charge is -2.20. The van der Waals surface area contributed by atoms with Crippen molar-refractivity contribution in [2.45, 2.75) is 46.1 Å². The van der Waals surface area contributed by atoms with E-state index in [1.54, 1.807) is 6.92 Å². The van der Waals surface area contributed by atoms with E-state index in [0.717, 1.165) is 42.6 Å². The van der Waals surface area contributed by atoms with Crippen LogP contribution in [0.4, 0.5) is 5.69 Å². The largest absolute Gasteiger partial charge is 0.362 e. The molecule has 1 amide bonds. The summed E-state index contributed by atoms with van der Waals surface area (Å²) in [7, 11) is 0. The number of nitrogens with one attached hydrogen (secondary N) is 1. The maximum Gasteiger partial charge on any atom is 0.239 e. The van der Waals surface area contributed by atoms with Crippen LogP contribution in [-0.4, -0.2) is 30.8 Å². The van der Waals surface area contributed by atoms with Crippen molar-refractivity contribution in [2.24, 2.45) is 0 Å². The molecular weight excluding hydrogens is 264 g/mol. The summed E-state index contributed by atoms with van der Waals surface area (Å²) in [6, 6.07) is 5.98. The Hall–Kier alpha value is -1.84. The second kappa shape index (κ2) is 6.74. The van der Waals surface area contributed by atoms with Gasteiger partial charge in [0.05, 0.1) is 6.54 Å². The first kappa shape index (κ1) is 15.5. The summed E-state index contributed by atoms with van der Waals surface area (Å²) >= 11 is 0. The van der Waals surface area contributed by atoms with Gasteiger partial charge in [0.15, 0.2) is 5.78 Å². The highest BCUT2D eigenvalue weighted by molar-refractivity contribution is 5.95. The summed E-state index contributed by atoms with van der Waals surface area (Å²) in [6.07, 6.45) is 2.97. The number of rotatable bonds is 6. The molecule has 4 heteroatoms. The number of anilines is 1. The van der Waals surface area contributed by atoms with E-state index in [2.05, 4.69) is 17.1 Å².